The van der Waals surface area contributed by atoms with Crippen LogP contribution in [0.25, 0.3) is 0 Å². The Balaban J connectivity index is 1.94. The minimum absolute atomic E-state index is 0.339. The van der Waals surface area contributed by atoms with Crippen molar-refractivity contribution >= 4 is 0 Å². The monoisotopic (exact) mass is 269 g/mol. The van der Waals surface area contributed by atoms with Crippen LogP contribution in [-0.2, 0) is 6.54 Å². The molecule has 1 unspecified atom stereocenters. The van der Waals surface area contributed by atoms with E-state index in [4.69, 9.17) is 4.74 Å². The normalized spacial score (nSPS) is 12.2. The van der Waals surface area contributed by atoms with E-state index in [2.05, 4.69) is 55.6 Å². The largest absolute Gasteiger partial charge is 0.494 e. The van der Waals surface area contributed by atoms with Crippen molar-refractivity contribution in [2.45, 2.75) is 33.4 Å². The van der Waals surface area contributed by atoms with E-state index in [1.165, 1.54) is 16.7 Å². The molecule has 2 aromatic rings. The lowest BCUT2D eigenvalue weighted by Crippen LogP contribution is -2.18. The summed E-state index contributed by atoms with van der Waals surface area (Å²) >= 11 is 0. The van der Waals surface area contributed by atoms with Crippen LogP contribution >= 0.6 is 0 Å². The van der Waals surface area contributed by atoms with E-state index in [-0.39, 0.29) is 0 Å². The molecule has 0 heterocycles. The van der Waals surface area contributed by atoms with E-state index in [0.717, 1.165) is 12.3 Å². The highest BCUT2D eigenvalue weighted by Crippen LogP contribution is 2.16. The molecule has 0 bridgehead atoms. The van der Waals surface area contributed by atoms with Gasteiger partial charge in [-0.15, -0.1) is 0 Å². The summed E-state index contributed by atoms with van der Waals surface area (Å²) in [6.07, 6.45) is 0. The van der Waals surface area contributed by atoms with Gasteiger partial charge in [0.25, 0.3) is 0 Å². The number of rotatable bonds is 6. The first-order chi connectivity index (χ1) is 9.69. The first-order valence-corrected chi connectivity index (χ1v) is 7.20. The summed E-state index contributed by atoms with van der Waals surface area (Å²) < 4.78 is 5.52. The van der Waals surface area contributed by atoms with E-state index in [0.29, 0.717) is 12.6 Å². The quantitative estimate of drug-likeness (QED) is 0.846. The molecule has 2 heteroatoms. The minimum atomic E-state index is 0.339. The standard InChI is InChI=1S/C18H23NO/c1-4-20-18-7-5-6-16(12-18)13-19-15(3)17-10-8-14(2)9-11-17/h5-12,15,19H,4,13H2,1-3H3. The molecule has 20 heavy (non-hydrogen) atoms. The Bertz CT molecular complexity index is 533. The topological polar surface area (TPSA) is 21.3 Å². The number of hydrogen-bond donors (Lipinski definition) is 1. The third-order valence-corrected chi connectivity index (χ3v) is 3.40. The van der Waals surface area contributed by atoms with Crippen LogP contribution in [0.15, 0.2) is 48.5 Å². The van der Waals surface area contributed by atoms with Crippen molar-refractivity contribution in [1.29, 1.82) is 0 Å². The van der Waals surface area contributed by atoms with Crippen molar-refractivity contribution in [3.8, 4) is 5.75 Å². The molecule has 1 N–H and O–H groups in total. The lowest BCUT2D eigenvalue weighted by Gasteiger charge is -2.15. The zero-order valence-corrected chi connectivity index (χ0v) is 12.5. The molecule has 1 atom stereocenters. The van der Waals surface area contributed by atoms with E-state index in [9.17, 15) is 0 Å². The van der Waals surface area contributed by atoms with Crippen LogP contribution in [0.3, 0.4) is 0 Å². The van der Waals surface area contributed by atoms with Gasteiger partial charge in [-0.1, -0.05) is 42.0 Å². The summed E-state index contributed by atoms with van der Waals surface area (Å²) in [6.45, 7) is 7.86. The number of nitrogens with one attached hydrogen (secondary N) is 1. The zero-order chi connectivity index (χ0) is 14.4. The van der Waals surface area contributed by atoms with Crippen molar-refractivity contribution in [2.24, 2.45) is 0 Å². The molecule has 0 aliphatic rings. The zero-order valence-electron chi connectivity index (χ0n) is 12.5. The molecule has 0 aliphatic carbocycles. The molecule has 2 nitrogen and oxygen atoms in total. The Morgan fingerprint density at radius 3 is 2.55 bits per heavy atom. The summed E-state index contributed by atoms with van der Waals surface area (Å²) in [6, 6.07) is 17.3. The van der Waals surface area contributed by atoms with Gasteiger partial charge < -0.3 is 10.1 Å². The van der Waals surface area contributed by atoms with Gasteiger partial charge in [0.2, 0.25) is 0 Å². The fourth-order valence-corrected chi connectivity index (χ4v) is 2.16. The van der Waals surface area contributed by atoms with Gasteiger partial charge in [-0.2, -0.15) is 0 Å². The number of benzene rings is 2. The smallest absolute Gasteiger partial charge is 0.119 e. The number of hydrogen-bond acceptors (Lipinski definition) is 2. The van der Waals surface area contributed by atoms with Crippen molar-refractivity contribution in [3.63, 3.8) is 0 Å². The molecule has 0 amide bonds. The molecular weight excluding hydrogens is 246 g/mol. The van der Waals surface area contributed by atoms with Crippen molar-refractivity contribution in [1.82, 2.24) is 5.32 Å². The van der Waals surface area contributed by atoms with Crippen LogP contribution in [0.2, 0.25) is 0 Å². The first-order valence-electron chi connectivity index (χ1n) is 7.20. The third-order valence-electron chi connectivity index (χ3n) is 3.40. The highest BCUT2D eigenvalue weighted by molar-refractivity contribution is 5.29. The predicted octanol–water partition coefficient (Wildman–Crippen LogP) is 4.24. The average Bonchev–Trinajstić information content (AvgIpc) is 2.46. The molecule has 0 aromatic heterocycles. The number of ether oxygens (including phenoxy) is 1. The second-order valence-corrected chi connectivity index (χ2v) is 5.09. The molecule has 0 aliphatic heterocycles. The maximum absolute atomic E-state index is 5.52. The van der Waals surface area contributed by atoms with Crippen molar-refractivity contribution < 1.29 is 4.74 Å². The van der Waals surface area contributed by atoms with Gasteiger partial charge in [0.05, 0.1) is 6.61 Å². The van der Waals surface area contributed by atoms with Crippen LogP contribution in [0.5, 0.6) is 5.75 Å². The molecule has 0 fully saturated rings. The Morgan fingerprint density at radius 1 is 1.10 bits per heavy atom. The highest BCUT2D eigenvalue weighted by atomic mass is 16.5. The molecule has 0 saturated carbocycles. The van der Waals surface area contributed by atoms with Crippen LogP contribution < -0.4 is 10.1 Å². The summed E-state index contributed by atoms with van der Waals surface area (Å²) in [5.74, 6) is 0.940. The highest BCUT2D eigenvalue weighted by Gasteiger charge is 2.04. The second kappa shape index (κ2) is 7.11. The molecule has 106 valence electrons. The van der Waals surface area contributed by atoms with Gasteiger partial charge in [0.15, 0.2) is 0 Å². The van der Waals surface area contributed by atoms with Gasteiger partial charge in [0.1, 0.15) is 5.75 Å². The SMILES string of the molecule is CCOc1cccc(CNC(C)c2ccc(C)cc2)c1. The average molecular weight is 269 g/mol. The Hall–Kier alpha value is -1.80. The van der Waals surface area contributed by atoms with Gasteiger partial charge in [-0.3, -0.25) is 0 Å². The fourth-order valence-electron chi connectivity index (χ4n) is 2.16. The van der Waals surface area contributed by atoms with Crippen molar-refractivity contribution in [3.05, 3.63) is 65.2 Å². The minimum Gasteiger partial charge on any atom is -0.494 e. The van der Waals surface area contributed by atoms with E-state index >= 15 is 0 Å². The van der Waals surface area contributed by atoms with Crippen LogP contribution in [-0.4, -0.2) is 6.61 Å². The van der Waals surface area contributed by atoms with E-state index in [1.807, 2.05) is 19.1 Å². The van der Waals surface area contributed by atoms with Crippen LogP contribution in [0.1, 0.15) is 36.6 Å². The lowest BCUT2D eigenvalue weighted by atomic mass is 10.1. The van der Waals surface area contributed by atoms with Gasteiger partial charge in [0, 0.05) is 12.6 Å². The Labute approximate surface area is 121 Å². The predicted molar refractivity (Wildman–Crippen MR) is 84.0 cm³/mol. The molecule has 2 aromatic carbocycles. The molecule has 2 rings (SSSR count). The van der Waals surface area contributed by atoms with E-state index in [1.54, 1.807) is 0 Å². The molecule has 0 radical (unpaired) electrons. The molecular formula is C18H23NO. The lowest BCUT2D eigenvalue weighted by molar-refractivity contribution is 0.339. The van der Waals surface area contributed by atoms with E-state index < -0.39 is 0 Å². The van der Waals surface area contributed by atoms with Gasteiger partial charge >= 0.3 is 0 Å². The Kier molecular flexibility index (Phi) is 5.19. The third kappa shape index (κ3) is 4.10. The van der Waals surface area contributed by atoms with Crippen LogP contribution in [0, 0.1) is 6.92 Å². The Morgan fingerprint density at radius 2 is 1.85 bits per heavy atom. The molecule has 0 saturated heterocycles. The summed E-state index contributed by atoms with van der Waals surface area (Å²) in [5, 5.41) is 3.55. The summed E-state index contributed by atoms with van der Waals surface area (Å²) in [5.41, 5.74) is 3.86. The summed E-state index contributed by atoms with van der Waals surface area (Å²) in [7, 11) is 0. The summed E-state index contributed by atoms with van der Waals surface area (Å²) in [4.78, 5) is 0. The number of aryl methyl sites for hydroxylation is 1. The van der Waals surface area contributed by atoms with Crippen molar-refractivity contribution in [2.75, 3.05) is 6.61 Å². The first kappa shape index (κ1) is 14.6. The molecule has 0 spiro atoms. The van der Waals surface area contributed by atoms with Gasteiger partial charge in [-0.05, 0) is 44.0 Å². The second-order valence-electron chi connectivity index (χ2n) is 5.09. The fraction of sp³-hybridized carbons (Fsp3) is 0.333. The van der Waals surface area contributed by atoms with Gasteiger partial charge in [-0.25, -0.2) is 0 Å². The van der Waals surface area contributed by atoms with Crippen LogP contribution in [0.4, 0.5) is 0 Å². The maximum Gasteiger partial charge on any atom is 0.119 e. The maximum atomic E-state index is 5.52.